The molecule has 91 heavy (non-hydrogen) atoms. The number of ether oxygens (including phenoxy) is 11. The van der Waals surface area contributed by atoms with Crippen LogP contribution in [0.3, 0.4) is 0 Å². The van der Waals surface area contributed by atoms with Crippen LogP contribution >= 0.6 is 0 Å². The molecule has 5 saturated heterocycles. The molecule has 10 N–H and O–H groups in total. The monoisotopic (exact) mass is 1370 g/mol. The molecule has 0 aromatic heterocycles. The molecule has 6 unspecified atom stereocenters. The largest absolute Gasteiger partial charge is 0.462 e. The van der Waals surface area contributed by atoms with Crippen LogP contribution in [0.4, 0.5) is 0 Å². The van der Waals surface area contributed by atoms with E-state index in [1.807, 2.05) is 27.7 Å². The van der Waals surface area contributed by atoms with Crippen molar-refractivity contribution in [2.75, 3.05) is 26.9 Å². The lowest BCUT2D eigenvalue weighted by atomic mass is 9.41. The lowest BCUT2D eigenvalue weighted by Crippen LogP contribution is -2.67. The number of methoxy groups -OCH3 is 1. The zero-order valence-electron chi connectivity index (χ0n) is 51.8. The third-order valence-electron chi connectivity index (χ3n) is 21.0. The number of cyclic esters (lactones) is 1. The molecule has 35 heteroatoms. The van der Waals surface area contributed by atoms with Crippen molar-refractivity contribution < 1.29 is 149 Å². The predicted molar refractivity (Wildman–Crippen MR) is 303 cm³/mol. The van der Waals surface area contributed by atoms with Gasteiger partial charge in [0.1, 0.15) is 97.2 Å². The van der Waals surface area contributed by atoms with Gasteiger partial charge in [0, 0.05) is 19.4 Å². The molecule has 9 aliphatic rings. The number of aliphatic hydroxyl groups is 7. The summed E-state index contributed by atoms with van der Waals surface area (Å²) >= 11 is 0. The van der Waals surface area contributed by atoms with Gasteiger partial charge in [0.15, 0.2) is 25.2 Å². The lowest BCUT2D eigenvalue weighted by Gasteiger charge is -2.64. The number of esters is 2. The molecule has 32 nitrogen and oxygen atoms in total. The van der Waals surface area contributed by atoms with Gasteiger partial charge in [-0.2, -0.15) is 25.3 Å². The molecule has 0 amide bonds. The van der Waals surface area contributed by atoms with Gasteiger partial charge in [-0.3, -0.25) is 23.2 Å². The number of fused-ring (bicyclic) bond motifs is 4. The smallest absolute Gasteiger partial charge is 0.397 e. The first-order valence-corrected chi connectivity index (χ1v) is 34.3. The number of hydrogen-bond acceptors (Lipinski definition) is 29. The Morgan fingerprint density at radius 2 is 1.25 bits per heavy atom. The van der Waals surface area contributed by atoms with Crippen LogP contribution in [0.15, 0.2) is 23.8 Å². The van der Waals surface area contributed by atoms with Crippen molar-refractivity contribution in [3.05, 3.63) is 23.8 Å². The second-order valence-corrected chi connectivity index (χ2v) is 30.3. The molecule has 522 valence electrons. The van der Waals surface area contributed by atoms with E-state index in [0.717, 1.165) is 31.1 Å². The van der Waals surface area contributed by atoms with E-state index >= 15 is 0 Å². The molecule has 5 aliphatic heterocycles. The Labute approximate surface area is 527 Å². The van der Waals surface area contributed by atoms with Crippen LogP contribution in [0.25, 0.3) is 0 Å². The van der Waals surface area contributed by atoms with Gasteiger partial charge in [0.2, 0.25) is 0 Å². The molecule has 0 aromatic carbocycles. The second-order valence-electron chi connectivity index (χ2n) is 27.1. The van der Waals surface area contributed by atoms with Gasteiger partial charge in [-0.05, 0) is 101 Å². The van der Waals surface area contributed by atoms with Crippen molar-refractivity contribution in [3.8, 4) is 0 Å². The summed E-state index contributed by atoms with van der Waals surface area (Å²) in [6.07, 6.45) is -30.7. The Hall–Kier alpha value is -2.61. The Kier molecular flexibility index (Phi) is 21.3. The Bertz CT molecular complexity index is 3040. The van der Waals surface area contributed by atoms with Gasteiger partial charge >= 0.3 is 43.1 Å². The van der Waals surface area contributed by atoms with Crippen molar-refractivity contribution in [2.24, 2.45) is 39.4 Å². The zero-order chi connectivity index (χ0) is 67.3. The summed E-state index contributed by atoms with van der Waals surface area (Å²) in [5, 5.41) is 80.4. The maximum Gasteiger partial charge on any atom is 0.397 e. The molecule has 0 aromatic rings. The van der Waals surface area contributed by atoms with Gasteiger partial charge < -0.3 is 87.9 Å². The molecule has 3 saturated carbocycles. The maximum atomic E-state index is 14.7. The van der Waals surface area contributed by atoms with E-state index in [4.69, 9.17) is 60.8 Å². The van der Waals surface area contributed by atoms with Crippen LogP contribution in [-0.2, 0) is 105 Å². The SMILES string of the molecule is C=C(C)CCCC1(C)OC(=O)C23CCC4C(=CCC5C(C)(C)[C@@H](O[C@@H]6OC[C@@H](OS(=O)(=O)O)[C@H](O)[C@H]6O[C@@H]6O[C@H](C)[C@@H](O[C@@H]7O[C@H](COS(=O)(=O)O)[C@@H](O)[C@H](O[C@@H]8O[C@H](COS(=O)(=O)O)[C@@H](O)[C@H](OC)[C@H]8O)[C@H]7O)[C@H](O)[C@H]6O)CC[C@]45C)[C@]2(C)CC(OC(C)=O)C13. The number of carbonyl (C=O) groups excluding carboxylic acids is 2. The van der Waals surface area contributed by atoms with Crippen molar-refractivity contribution in [2.45, 2.75) is 248 Å². The van der Waals surface area contributed by atoms with E-state index in [1.54, 1.807) is 0 Å². The van der Waals surface area contributed by atoms with Gasteiger partial charge in [-0.15, -0.1) is 6.58 Å². The highest BCUT2D eigenvalue weighted by atomic mass is 32.3. The van der Waals surface area contributed by atoms with E-state index in [0.29, 0.717) is 44.9 Å². The lowest BCUT2D eigenvalue weighted by molar-refractivity contribution is -0.389. The summed E-state index contributed by atoms with van der Waals surface area (Å²) in [4.78, 5) is 27.5. The maximum absolute atomic E-state index is 14.7. The topological polar surface area (TPSA) is 468 Å². The third-order valence-corrected chi connectivity index (χ3v) is 22.4. The zero-order valence-corrected chi connectivity index (χ0v) is 54.3. The van der Waals surface area contributed by atoms with Gasteiger partial charge in [-0.25, -0.2) is 12.5 Å². The predicted octanol–water partition coefficient (Wildman–Crippen LogP) is -0.365. The van der Waals surface area contributed by atoms with E-state index in [2.05, 4.69) is 34.9 Å². The fourth-order valence-electron chi connectivity index (χ4n) is 16.9. The summed E-state index contributed by atoms with van der Waals surface area (Å²) in [7, 11) is -14.6. The summed E-state index contributed by atoms with van der Waals surface area (Å²) in [5.74, 6) is -1.22. The first-order valence-electron chi connectivity index (χ1n) is 30.3. The average molecular weight is 1370 g/mol. The minimum absolute atomic E-state index is 0.0194. The van der Waals surface area contributed by atoms with Crippen LogP contribution in [0.2, 0.25) is 0 Å². The first-order chi connectivity index (χ1) is 42.1. The minimum Gasteiger partial charge on any atom is -0.462 e. The Morgan fingerprint density at radius 3 is 1.82 bits per heavy atom. The highest BCUT2D eigenvalue weighted by molar-refractivity contribution is 7.81. The molecule has 0 bridgehead atoms. The number of carbonyl (C=O) groups is 2. The first kappa shape index (κ1) is 72.7. The number of rotatable bonds is 22. The van der Waals surface area contributed by atoms with Crippen LogP contribution in [0.5, 0.6) is 0 Å². The Morgan fingerprint density at radius 1 is 0.681 bits per heavy atom. The second kappa shape index (κ2) is 26.7. The summed E-state index contributed by atoms with van der Waals surface area (Å²) in [6.45, 7) is 16.1. The van der Waals surface area contributed by atoms with Crippen LogP contribution in [0.1, 0.15) is 113 Å². The van der Waals surface area contributed by atoms with Crippen molar-refractivity contribution in [1.29, 1.82) is 0 Å². The van der Waals surface area contributed by atoms with Gasteiger partial charge in [0.25, 0.3) is 0 Å². The summed E-state index contributed by atoms with van der Waals surface area (Å²) in [6, 6.07) is 0. The average Bonchev–Trinajstić information content (AvgIpc) is 1.52. The molecule has 1 spiro atoms. The van der Waals surface area contributed by atoms with Crippen LogP contribution in [0, 0.1) is 39.4 Å². The minimum atomic E-state index is -5.26. The molecular formula is C56H88O32S3. The molecule has 4 aliphatic carbocycles. The third kappa shape index (κ3) is 14.1. The van der Waals surface area contributed by atoms with Gasteiger partial charge in [0.05, 0.1) is 43.4 Å². The molecular weight excluding hydrogens is 1280 g/mol. The van der Waals surface area contributed by atoms with E-state index in [9.17, 15) is 79.7 Å². The van der Waals surface area contributed by atoms with Crippen molar-refractivity contribution in [1.82, 2.24) is 0 Å². The van der Waals surface area contributed by atoms with Crippen LogP contribution in [-0.4, -0.2) is 248 Å². The standard InChI is InChI=1S/C56H88O32S3/c1-24(2)12-11-17-55(9)46-29(80-26(4)57)20-54(8)28-13-14-33-52(5,6)34(16-18-53(33,7)27(28)15-19-56(46,54)51(65)87-55)83-50-45(37(60)32(21-76-50)88-91(72,73)74)86-47-39(62)38(61)42(25(3)79-47)84-49-41(64)44(36(59)31(82-49)23-78-90(69,70)71)85-48-40(63)43(75-10)35(58)30(81-48)22-77-89(66,67)68/h13,25,27,29-50,58-64H,1,11-12,14-23H2,2-10H3,(H,66,67,68)(H,69,70,71)(H,72,73,74)/t25-,27?,29?,30-,31-,32-,33?,34+,35-,36-,37+,38-,39-,40-,41-,42-,43+,44+,45-,46?,47+,48+,49+,50+,53-,54+,55?,56?/m1/s1. The van der Waals surface area contributed by atoms with E-state index < -0.39 is 214 Å². The molecule has 9 rings (SSSR count). The van der Waals surface area contributed by atoms with Crippen LogP contribution < -0.4 is 0 Å². The fourth-order valence-corrected chi connectivity index (χ4v) is 18.0. The summed E-state index contributed by atoms with van der Waals surface area (Å²) in [5.41, 5.74) is -1.53. The molecule has 5 heterocycles. The quantitative estimate of drug-likeness (QED) is 0.0376. The normalized spacial score (nSPS) is 46.6. The van der Waals surface area contributed by atoms with Gasteiger partial charge in [-0.1, -0.05) is 44.9 Å². The Balaban J connectivity index is 0.926. The summed E-state index contributed by atoms with van der Waals surface area (Å²) < 4.78 is 178. The molecule has 0 radical (unpaired) electrons. The molecule has 28 atom stereocenters. The molecule has 8 fully saturated rings. The number of aliphatic hydroxyl groups excluding tert-OH is 7. The van der Waals surface area contributed by atoms with E-state index in [-0.39, 0.29) is 23.2 Å². The number of allylic oxidation sites excluding steroid dienone is 3. The highest BCUT2D eigenvalue weighted by Gasteiger charge is 2.79. The van der Waals surface area contributed by atoms with Crippen molar-refractivity contribution >= 4 is 43.1 Å². The van der Waals surface area contributed by atoms with E-state index in [1.165, 1.54) is 13.8 Å². The number of hydrogen-bond donors (Lipinski definition) is 10. The van der Waals surface area contributed by atoms with Crippen molar-refractivity contribution in [3.63, 3.8) is 0 Å². The highest BCUT2D eigenvalue weighted by Crippen LogP contribution is 2.77. The fraction of sp³-hybridized carbons (Fsp3) is 0.893.